The van der Waals surface area contributed by atoms with Crippen LogP contribution in [0.5, 0.6) is 0 Å². The molecule has 1 heterocycles. The Morgan fingerprint density at radius 2 is 2.00 bits per heavy atom. The van der Waals surface area contributed by atoms with Crippen LogP contribution in [-0.4, -0.2) is 37.8 Å². The topological polar surface area (TPSA) is 66.5 Å². The number of halogens is 1. The lowest BCUT2D eigenvalue weighted by atomic mass is 10.2. The molecule has 1 saturated heterocycles. The minimum absolute atomic E-state index is 0.231. The smallest absolute Gasteiger partial charge is 0.238 e. The van der Waals surface area contributed by atoms with E-state index < -0.39 is 21.9 Å². The predicted molar refractivity (Wildman–Crippen MR) is 68.2 cm³/mol. The van der Waals surface area contributed by atoms with E-state index in [-0.39, 0.29) is 18.2 Å². The quantitative estimate of drug-likeness (QED) is 0.878. The third kappa shape index (κ3) is 3.10. The van der Waals surface area contributed by atoms with Crippen LogP contribution in [0.4, 0.5) is 4.39 Å². The number of hydrogen-bond acceptors (Lipinski definition) is 3. The highest BCUT2D eigenvalue weighted by Crippen LogP contribution is 2.16. The van der Waals surface area contributed by atoms with Gasteiger partial charge in [-0.05, 0) is 24.6 Å². The van der Waals surface area contributed by atoms with Crippen LogP contribution in [0.2, 0.25) is 0 Å². The van der Waals surface area contributed by atoms with Crippen molar-refractivity contribution in [2.75, 3.05) is 13.1 Å². The van der Waals surface area contributed by atoms with Gasteiger partial charge in [0.25, 0.3) is 0 Å². The van der Waals surface area contributed by atoms with Crippen molar-refractivity contribution < 1.29 is 17.6 Å². The van der Waals surface area contributed by atoms with Gasteiger partial charge in [0.15, 0.2) is 0 Å². The van der Waals surface area contributed by atoms with Crippen LogP contribution in [0.1, 0.15) is 12.5 Å². The average Bonchev–Trinajstić information content (AvgIpc) is 2.35. The second kappa shape index (κ2) is 5.26. The largest absolute Gasteiger partial charge is 0.353 e. The van der Waals surface area contributed by atoms with Gasteiger partial charge in [-0.2, -0.15) is 4.31 Å². The fourth-order valence-corrected chi connectivity index (χ4v) is 3.74. The van der Waals surface area contributed by atoms with Gasteiger partial charge in [0.2, 0.25) is 15.9 Å². The summed E-state index contributed by atoms with van der Waals surface area (Å²) in [5.41, 5.74) is 0.500. The maximum Gasteiger partial charge on any atom is 0.238 e. The SMILES string of the molecule is CC1C(=O)NCCN1S(=O)(=O)Cc1ccc(F)cc1. The summed E-state index contributed by atoms with van der Waals surface area (Å²) in [5.74, 6) is -0.939. The van der Waals surface area contributed by atoms with Gasteiger partial charge in [-0.3, -0.25) is 4.79 Å². The molecule has 1 aliphatic rings. The normalized spacial score (nSPS) is 21.2. The Hall–Kier alpha value is -1.47. The van der Waals surface area contributed by atoms with Crippen LogP contribution < -0.4 is 5.32 Å². The van der Waals surface area contributed by atoms with Crippen molar-refractivity contribution in [1.82, 2.24) is 9.62 Å². The molecule has 1 unspecified atom stereocenters. The maximum atomic E-state index is 12.8. The minimum atomic E-state index is -3.58. The first kappa shape index (κ1) is 14.0. The molecule has 1 N–H and O–H groups in total. The van der Waals surface area contributed by atoms with Gasteiger partial charge in [0.05, 0.1) is 5.75 Å². The average molecular weight is 286 g/mol. The maximum absolute atomic E-state index is 12.8. The van der Waals surface area contributed by atoms with E-state index in [0.717, 1.165) is 0 Å². The van der Waals surface area contributed by atoms with Crippen molar-refractivity contribution in [3.05, 3.63) is 35.6 Å². The number of carbonyl (C=O) groups is 1. The van der Waals surface area contributed by atoms with Crippen molar-refractivity contribution >= 4 is 15.9 Å². The van der Waals surface area contributed by atoms with Gasteiger partial charge in [-0.1, -0.05) is 12.1 Å². The molecule has 0 radical (unpaired) electrons. The first-order valence-electron chi connectivity index (χ1n) is 5.92. The lowest BCUT2D eigenvalue weighted by Gasteiger charge is -2.31. The lowest BCUT2D eigenvalue weighted by Crippen LogP contribution is -2.55. The van der Waals surface area contributed by atoms with Gasteiger partial charge in [-0.15, -0.1) is 0 Å². The summed E-state index contributed by atoms with van der Waals surface area (Å²) >= 11 is 0. The molecule has 1 aliphatic heterocycles. The summed E-state index contributed by atoms with van der Waals surface area (Å²) in [7, 11) is -3.58. The first-order chi connectivity index (χ1) is 8.90. The van der Waals surface area contributed by atoms with E-state index >= 15 is 0 Å². The van der Waals surface area contributed by atoms with Crippen LogP contribution in [0.15, 0.2) is 24.3 Å². The Balaban J connectivity index is 2.18. The summed E-state index contributed by atoms with van der Waals surface area (Å²) in [6.07, 6.45) is 0. The Morgan fingerprint density at radius 1 is 1.37 bits per heavy atom. The number of hydrogen-bond donors (Lipinski definition) is 1. The Morgan fingerprint density at radius 3 is 2.63 bits per heavy atom. The number of nitrogens with one attached hydrogen (secondary N) is 1. The molecular formula is C12H15FN2O3S. The number of nitrogens with zero attached hydrogens (tertiary/aromatic N) is 1. The van der Waals surface area contributed by atoms with Crippen LogP contribution in [0, 0.1) is 5.82 Å². The van der Waals surface area contributed by atoms with E-state index in [4.69, 9.17) is 0 Å². The Bertz CT molecular complexity index is 571. The van der Waals surface area contributed by atoms with Crippen molar-refractivity contribution in [2.24, 2.45) is 0 Å². The molecule has 0 aromatic heterocycles. The van der Waals surface area contributed by atoms with E-state index in [2.05, 4.69) is 5.32 Å². The standard InChI is InChI=1S/C12H15FN2O3S/c1-9-12(16)14-6-7-15(9)19(17,18)8-10-2-4-11(13)5-3-10/h2-5,9H,6-8H2,1H3,(H,14,16). The fourth-order valence-electron chi connectivity index (χ4n) is 2.02. The molecule has 7 heteroatoms. The molecule has 0 bridgehead atoms. The molecule has 1 aromatic carbocycles. The van der Waals surface area contributed by atoms with E-state index in [1.165, 1.54) is 28.6 Å². The number of piperazine rings is 1. The molecular weight excluding hydrogens is 271 g/mol. The molecule has 1 fully saturated rings. The number of benzene rings is 1. The third-order valence-electron chi connectivity index (χ3n) is 3.06. The minimum Gasteiger partial charge on any atom is -0.353 e. The molecule has 19 heavy (non-hydrogen) atoms. The highest BCUT2D eigenvalue weighted by Gasteiger charge is 2.34. The van der Waals surface area contributed by atoms with Gasteiger partial charge in [0.1, 0.15) is 11.9 Å². The second-order valence-corrected chi connectivity index (χ2v) is 6.38. The van der Waals surface area contributed by atoms with Gasteiger partial charge >= 0.3 is 0 Å². The molecule has 2 rings (SSSR count). The van der Waals surface area contributed by atoms with Gasteiger partial charge in [-0.25, -0.2) is 12.8 Å². The Kier molecular flexibility index (Phi) is 3.86. The third-order valence-corrected chi connectivity index (χ3v) is 4.97. The molecule has 1 atom stereocenters. The van der Waals surface area contributed by atoms with Gasteiger partial charge in [0, 0.05) is 13.1 Å². The first-order valence-corrected chi connectivity index (χ1v) is 7.53. The Labute approximate surface area is 111 Å². The highest BCUT2D eigenvalue weighted by atomic mass is 32.2. The van der Waals surface area contributed by atoms with Crippen molar-refractivity contribution in [3.8, 4) is 0 Å². The number of rotatable bonds is 3. The van der Waals surface area contributed by atoms with Crippen molar-refractivity contribution in [1.29, 1.82) is 0 Å². The van der Waals surface area contributed by atoms with Crippen molar-refractivity contribution in [2.45, 2.75) is 18.7 Å². The molecule has 0 spiro atoms. The van der Waals surface area contributed by atoms with Crippen LogP contribution in [0.3, 0.4) is 0 Å². The van der Waals surface area contributed by atoms with Crippen LogP contribution in [0.25, 0.3) is 0 Å². The van der Waals surface area contributed by atoms with Crippen LogP contribution in [-0.2, 0) is 20.6 Å². The van der Waals surface area contributed by atoms with E-state index in [0.29, 0.717) is 12.1 Å². The highest BCUT2D eigenvalue weighted by molar-refractivity contribution is 7.88. The molecule has 104 valence electrons. The summed E-state index contributed by atoms with van der Waals surface area (Å²) in [6.45, 7) is 2.12. The summed E-state index contributed by atoms with van der Waals surface area (Å²) in [5, 5.41) is 2.61. The van der Waals surface area contributed by atoms with E-state index in [1.54, 1.807) is 6.92 Å². The number of sulfonamides is 1. The van der Waals surface area contributed by atoms with E-state index in [9.17, 15) is 17.6 Å². The molecule has 1 aromatic rings. The molecule has 0 aliphatic carbocycles. The van der Waals surface area contributed by atoms with E-state index in [1.807, 2.05) is 0 Å². The number of carbonyl (C=O) groups excluding carboxylic acids is 1. The van der Waals surface area contributed by atoms with Gasteiger partial charge < -0.3 is 5.32 Å². The number of amides is 1. The lowest BCUT2D eigenvalue weighted by molar-refractivity contribution is -0.126. The predicted octanol–water partition coefficient (Wildman–Crippen LogP) is 0.476. The monoisotopic (exact) mass is 286 g/mol. The fraction of sp³-hybridized carbons (Fsp3) is 0.417. The summed E-state index contributed by atoms with van der Waals surface area (Å²) in [4.78, 5) is 11.5. The van der Waals surface area contributed by atoms with Crippen LogP contribution >= 0.6 is 0 Å². The zero-order chi connectivity index (χ0) is 14.0. The second-order valence-electron chi connectivity index (χ2n) is 4.46. The molecule has 1 amide bonds. The summed E-state index contributed by atoms with van der Waals surface area (Å²) < 4.78 is 38.5. The molecule has 5 nitrogen and oxygen atoms in total. The summed E-state index contributed by atoms with van der Waals surface area (Å²) in [6, 6.07) is 4.59. The zero-order valence-corrected chi connectivity index (χ0v) is 11.3. The van der Waals surface area contributed by atoms with Crippen molar-refractivity contribution in [3.63, 3.8) is 0 Å². The molecule has 0 saturated carbocycles. The zero-order valence-electron chi connectivity index (χ0n) is 10.5.